The highest BCUT2D eigenvalue weighted by atomic mass is 35.5. The van der Waals surface area contributed by atoms with Crippen LogP contribution in [0, 0.1) is 5.92 Å². The van der Waals surface area contributed by atoms with Gasteiger partial charge >= 0.3 is 5.97 Å². The van der Waals surface area contributed by atoms with Crippen molar-refractivity contribution in [1.29, 1.82) is 0 Å². The Morgan fingerprint density at radius 1 is 1.25 bits per heavy atom. The number of nitrogens with zero attached hydrogens (tertiary/aromatic N) is 3. The molecular weight excluding hydrogens is 428 g/mol. The van der Waals surface area contributed by atoms with Gasteiger partial charge in [0, 0.05) is 32.0 Å². The fourth-order valence-electron chi connectivity index (χ4n) is 3.92. The molecule has 1 unspecified atom stereocenters. The summed E-state index contributed by atoms with van der Waals surface area (Å²) in [4.78, 5) is 23.3. The van der Waals surface area contributed by atoms with Crippen LogP contribution in [0.25, 0.3) is 0 Å². The molecule has 1 aliphatic heterocycles. The van der Waals surface area contributed by atoms with Crippen molar-refractivity contribution >= 4 is 34.8 Å². The van der Waals surface area contributed by atoms with Crippen LogP contribution in [0.15, 0.2) is 30.6 Å². The Morgan fingerprint density at radius 3 is 2.62 bits per heavy atom. The Bertz CT molecular complexity index is 885. The minimum absolute atomic E-state index is 0.0190. The predicted molar refractivity (Wildman–Crippen MR) is 128 cm³/mol. The first-order valence-corrected chi connectivity index (χ1v) is 11.5. The van der Waals surface area contributed by atoms with Gasteiger partial charge in [-0.3, -0.25) is 4.79 Å². The molecule has 1 N–H and O–H groups in total. The van der Waals surface area contributed by atoms with Crippen LogP contribution in [0.2, 0.25) is 5.15 Å². The normalized spacial score (nSPS) is 15.4. The first-order valence-electron chi connectivity index (χ1n) is 11.2. The SMILES string of the molecule is COC(=O)CC(C)c1cnc(N(CC(C)C)C2CCOCC2)c(Nc2ccc(Cl)nc2)c1. The molecule has 0 spiro atoms. The number of methoxy groups -OCH3 is 1. The van der Waals surface area contributed by atoms with Crippen LogP contribution >= 0.6 is 11.6 Å². The van der Waals surface area contributed by atoms with Crippen LogP contribution in [0.4, 0.5) is 17.2 Å². The number of anilines is 3. The minimum atomic E-state index is -0.235. The predicted octanol–water partition coefficient (Wildman–Crippen LogP) is 5.18. The molecule has 1 aliphatic rings. The number of carbonyl (C=O) groups is 1. The maximum Gasteiger partial charge on any atom is 0.306 e. The van der Waals surface area contributed by atoms with Crippen LogP contribution in [0.5, 0.6) is 0 Å². The van der Waals surface area contributed by atoms with Crippen molar-refractivity contribution in [3.8, 4) is 0 Å². The van der Waals surface area contributed by atoms with Crippen LogP contribution in [-0.2, 0) is 14.3 Å². The number of halogens is 1. The molecule has 3 rings (SSSR count). The Hall–Kier alpha value is -2.38. The van der Waals surface area contributed by atoms with Gasteiger partial charge in [-0.2, -0.15) is 0 Å². The number of carbonyl (C=O) groups excluding carboxylic acids is 1. The molecule has 2 aromatic heterocycles. The smallest absolute Gasteiger partial charge is 0.306 e. The highest BCUT2D eigenvalue weighted by molar-refractivity contribution is 6.29. The standard InChI is InChI=1S/C24H33ClN4O3/c1-16(2)15-29(20-7-9-32-10-8-20)24-21(28-19-5-6-22(25)26-14-19)12-18(13-27-24)17(3)11-23(30)31-4/h5-6,12-14,16-17,20,28H,7-11,15H2,1-4H3. The summed E-state index contributed by atoms with van der Waals surface area (Å²) in [5.74, 6) is 1.12. The van der Waals surface area contributed by atoms with E-state index in [9.17, 15) is 4.79 Å². The summed E-state index contributed by atoms with van der Waals surface area (Å²) in [6, 6.07) is 6.09. The lowest BCUT2D eigenvalue weighted by Gasteiger charge is -2.37. The highest BCUT2D eigenvalue weighted by Gasteiger charge is 2.26. The average molecular weight is 461 g/mol. The average Bonchev–Trinajstić information content (AvgIpc) is 2.79. The summed E-state index contributed by atoms with van der Waals surface area (Å²) in [5.41, 5.74) is 2.68. The minimum Gasteiger partial charge on any atom is -0.469 e. The molecule has 0 aromatic carbocycles. The summed E-state index contributed by atoms with van der Waals surface area (Å²) in [7, 11) is 1.41. The molecule has 1 saturated heterocycles. The number of nitrogens with one attached hydrogen (secondary N) is 1. The Labute approximate surface area is 195 Å². The van der Waals surface area contributed by atoms with Crippen molar-refractivity contribution in [3.63, 3.8) is 0 Å². The van der Waals surface area contributed by atoms with Gasteiger partial charge in [-0.1, -0.05) is 32.4 Å². The monoisotopic (exact) mass is 460 g/mol. The summed E-state index contributed by atoms with van der Waals surface area (Å²) in [5, 5.41) is 3.92. The highest BCUT2D eigenvalue weighted by Crippen LogP contribution is 2.34. The molecular formula is C24H33ClN4O3. The van der Waals surface area contributed by atoms with Crippen LogP contribution in [0.3, 0.4) is 0 Å². The van der Waals surface area contributed by atoms with E-state index in [0.717, 1.165) is 55.4 Å². The molecule has 0 aliphatic carbocycles. The van der Waals surface area contributed by atoms with Gasteiger partial charge in [-0.05, 0) is 48.4 Å². The molecule has 32 heavy (non-hydrogen) atoms. The second kappa shape index (κ2) is 11.5. The number of esters is 1. The number of ether oxygens (including phenoxy) is 2. The van der Waals surface area contributed by atoms with Gasteiger partial charge in [0.15, 0.2) is 5.82 Å². The summed E-state index contributed by atoms with van der Waals surface area (Å²) < 4.78 is 10.4. The van der Waals surface area contributed by atoms with E-state index in [0.29, 0.717) is 23.5 Å². The van der Waals surface area contributed by atoms with Crippen LogP contribution in [0.1, 0.15) is 51.5 Å². The van der Waals surface area contributed by atoms with Gasteiger partial charge in [0.2, 0.25) is 0 Å². The van der Waals surface area contributed by atoms with Crippen molar-refractivity contribution in [1.82, 2.24) is 9.97 Å². The van der Waals surface area contributed by atoms with E-state index < -0.39 is 0 Å². The van der Waals surface area contributed by atoms with Gasteiger partial charge in [0.25, 0.3) is 0 Å². The topological polar surface area (TPSA) is 76.6 Å². The van der Waals surface area contributed by atoms with E-state index in [1.807, 2.05) is 19.2 Å². The third-order valence-electron chi connectivity index (χ3n) is 5.63. The van der Waals surface area contributed by atoms with E-state index in [1.165, 1.54) is 7.11 Å². The molecule has 1 atom stereocenters. The van der Waals surface area contributed by atoms with Gasteiger partial charge in [0.05, 0.1) is 31.1 Å². The van der Waals surface area contributed by atoms with E-state index in [-0.39, 0.29) is 11.9 Å². The molecule has 1 fully saturated rings. The zero-order valence-corrected chi connectivity index (χ0v) is 20.1. The third-order valence-corrected chi connectivity index (χ3v) is 5.85. The van der Waals surface area contributed by atoms with Gasteiger partial charge in [-0.25, -0.2) is 9.97 Å². The van der Waals surface area contributed by atoms with Crippen molar-refractivity contribution in [3.05, 3.63) is 41.3 Å². The van der Waals surface area contributed by atoms with E-state index in [2.05, 4.69) is 35.1 Å². The molecule has 0 bridgehead atoms. The fourth-order valence-corrected chi connectivity index (χ4v) is 4.03. The quantitative estimate of drug-likeness (QED) is 0.408. The zero-order chi connectivity index (χ0) is 23.1. The summed E-state index contributed by atoms with van der Waals surface area (Å²) >= 11 is 5.97. The molecule has 174 valence electrons. The largest absolute Gasteiger partial charge is 0.469 e. The maximum atomic E-state index is 11.8. The number of rotatable bonds is 9. The van der Waals surface area contributed by atoms with Crippen LogP contribution in [-0.4, -0.2) is 48.8 Å². The van der Waals surface area contributed by atoms with Gasteiger partial charge in [-0.15, -0.1) is 0 Å². The maximum absolute atomic E-state index is 11.8. The second-order valence-electron chi connectivity index (χ2n) is 8.71. The first kappa shape index (κ1) is 24.3. The second-order valence-corrected chi connectivity index (χ2v) is 9.09. The lowest BCUT2D eigenvalue weighted by Crippen LogP contribution is -2.42. The Kier molecular flexibility index (Phi) is 8.70. The number of hydrogen-bond donors (Lipinski definition) is 1. The Balaban J connectivity index is 1.99. The fraction of sp³-hybridized carbons (Fsp3) is 0.542. The zero-order valence-electron chi connectivity index (χ0n) is 19.3. The first-order chi connectivity index (χ1) is 15.4. The molecule has 2 aromatic rings. The van der Waals surface area contributed by atoms with Crippen LogP contribution < -0.4 is 10.2 Å². The third kappa shape index (κ3) is 6.56. The molecule has 0 radical (unpaired) electrons. The van der Waals surface area contributed by atoms with E-state index in [4.69, 9.17) is 26.1 Å². The Morgan fingerprint density at radius 2 is 2.00 bits per heavy atom. The molecule has 0 amide bonds. The molecule has 0 saturated carbocycles. The van der Waals surface area contributed by atoms with Crippen molar-refractivity contribution in [2.75, 3.05) is 37.1 Å². The van der Waals surface area contributed by atoms with Crippen molar-refractivity contribution < 1.29 is 14.3 Å². The van der Waals surface area contributed by atoms with Crippen molar-refractivity contribution in [2.45, 2.75) is 52.0 Å². The van der Waals surface area contributed by atoms with Gasteiger partial charge < -0.3 is 19.7 Å². The molecule has 8 heteroatoms. The van der Waals surface area contributed by atoms with E-state index >= 15 is 0 Å². The molecule has 3 heterocycles. The lowest BCUT2D eigenvalue weighted by molar-refractivity contribution is -0.140. The van der Waals surface area contributed by atoms with Crippen molar-refractivity contribution in [2.24, 2.45) is 5.92 Å². The number of hydrogen-bond acceptors (Lipinski definition) is 7. The van der Waals surface area contributed by atoms with Gasteiger partial charge in [0.1, 0.15) is 5.15 Å². The summed E-state index contributed by atoms with van der Waals surface area (Å²) in [6.07, 6.45) is 5.82. The number of aromatic nitrogens is 2. The van der Waals surface area contributed by atoms with E-state index in [1.54, 1.807) is 12.3 Å². The molecule has 7 nitrogen and oxygen atoms in total. The summed E-state index contributed by atoms with van der Waals surface area (Å²) in [6.45, 7) is 8.85. The number of pyridine rings is 2. The lowest BCUT2D eigenvalue weighted by atomic mass is 9.98.